The van der Waals surface area contributed by atoms with Crippen molar-refractivity contribution in [2.75, 3.05) is 18.6 Å². The number of pyridine rings is 3. The van der Waals surface area contributed by atoms with Crippen LogP contribution in [-0.2, 0) is 7.05 Å². The predicted molar refractivity (Wildman–Crippen MR) is 128 cm³/mol. The van der Waals surface area contributed by atoms with Crippen LogP contribution in [0.2, 0.25) is 0 Å². The molecular weight excluding hydrogens is 414 g/mol. The highest BCUT2D eigenvalue weighted by Crippen LogP contribution is 2.37. The number of ether oxygens (including phenoxy) is 1. The molecule has 1 aliphatic rings. The van der Waals surface area contributed by atoms with E-state index < -0.39 is 0 Å². The Morgan fingerprint density at radius 3 is 2.61 bits per heavy atom. The first-order valence-corrected chi connectivity index (χ1v) is 10.9. The molecule has 4 aromatic rings. The number of hydrogen-bond acceptors (Lipinski definition) is 6. The largest absolute Gasteiger partial charge is 0.481 e. The summed E-state index contributed by atoms with van der Waals surface area (Å²) < 4.78 is 6.82. The third kappa shape index (κ3) is 4.03. The molecule has 3 aromatic heterocycles. The number of benzene rings is 1. The van der Waals surface area contributed by atoms with Gasteiger partial charge in [-0.1, -0.05) is 12.1 Å². The Labute approximate surface area is 191 Å². The van der Waals surface area contributed by atoms with Gasteiger partial charge in [0.1, 0.15) is 17.3 Å². The molecule has 0 N–H and O–H groups in total. The lowest BCUT2D eigenvalue weighted by Crippen LogP contribution is -2.25. The molecule has 3 heterocycles. The Kier molecular flexibility index (Phi) is 5.27. The second-order valence-electron chi connectivity index (χ2n) is 8.29. The molecule has 7 nitrogen and oxygen atoms in total. The number of rotatable bonds is 6. The summed E-state index contributed by atoms with van der Waals surface area (Å²) in [6, 6.07) is 19.3. The van der Waals surface area contributed by atoms with Gasteiger partial charge in [0.15, 0.2) is 0 Å². The van der Waals surface area contributed by atoms with Crippen molar-refractivity contribution in [2.24, 2.45) is 13.0 Å². The highest BCUT2D eigenvalue weighted by molar-refractivity contribution is 5.91. The van der Waals surface area contributed by atoms with Crippen LogP contribution in [0.1, 0.15) is 18.5 Å². The van der Waals surface area contributed by atoms with Gasteiger partial charge in [0.2, 0.25) is 5.88 Å². The van der Waals surface area contributed by atoms with Crippen molar-refractivity contribution in [2.45, 2.75) is 12.8 Å². The molecule has 1 aliphatic carbocycles. The zero-order chi connectivity index (χ0) is 22.9. The van der Waals surface area contributed by atoms with E-state index in [4.69, 9.17) is 4.74 Å². The molecule has 33 heavy (non-hydrogen) atoms. The van der Waals surface area contributed by atoms with Crippen molar-refractivity contribution in [3.05, 3.63) is 76.8 Å². The van der Waals surface area contributed by atoms with E-state index in [2.05, 4.69) is 45.2 Å². The molecule has 0 saturated heterocycles. The Morgan fingerprint density at radius 1 is 1.12 bits per heavy atom. The molecule has 0 radical (unpaired) electrons. The van der Waals surface area contributed by atoms with E-state index in [1.165, 1.54) is 12.8 Å². The number of methoxy groups -OCH3 is 1. The quantitative estimate of drug-likeness (QED) is 0.444. The first kappa shape index (κ1) is 20.7. The summed E-state index contributed by atoms with van der Waals surface area (Å²) in [5.41, 5.74) is 5.35. The van der Waals surface area contributed by atoms with Crippen LogP contribution >= 0.6 is 0 Å². The molecule has 0 bridgehead atoms. The summed E-state index contributed by atoms with van der Waals surface area (Å²) in [6.45, 7) is 0.795. The first-order chi connectivity index (χ1) is 16.1. The fourth-order valence-corrected chi connectivity index (χ4v) is 4.02. The van der Waals surface area contributed by atoms with Crippen LogP contribution in [-0.4, -0.2) is 28.2 Å². The normalized spacial score (nSPS) is 13.0. The van der Waals surface area contributed by atoms with Gasteiger partial charge in [-0.3, -0.25) is 4.79 Å². The molecule has 5 rings (SSSR count). The molecule has 7 heteroatoms. The summed E-state index contributed by atoms with van der Waals surface area (Å²) in [4.78, 5) is 23.7. The van der Waals surface area contributed by atoms with Crippen LogP contribution in [0, 0.1) is 17.2 Å². The van der Waals surface area contributed by atoms with Crippen LogP contribution in [0.15, 0.2) is 65.6 Å². The Morgan fingerprint density at radius 2 is 1.91 bits per heavy atom. The minimum atomic E-state index is -0.106. The second-order valence-corrected chi connectivity index (χ2v) is 8.29. The predicted octanol–water partition coefficient (Wildman–Crippen LogP) is 4.42. The average Bonchev–Trinajstić information content (AvgIpc) is 3.69. The molecule has 0 spiro atoms. The lowest BCUT2D eigenvalue weighted by molar-refractivity contribution is 0.398. The fourth-order valence-electron chi connectivity index (χ4n) is 4.02. The standard InChI is InChI=1S/C26H23N5O2/c1-30-22-10-7-20(15-27)29-26(22)23(14-25(30)32)31(16-17-3-4-17)21-8-5-18(6-9-21)19-11-12-28-24(13-19)33-2/h5-14,17H,3-4,16H2,1-2H3. The molecule has 0 amide bonds. The maximum atomic E-state index is 12.8. The summed E-state index contributed by atoms with van der Waals surface area (Å²) in [5.74, 6) is 1.14. The van der Waals surface area contributed by atoms with Crippen molar-refractivity contribution in [1.29, 1.82) is 5.26 Å². The van der Waals surface area contributed by atoms with Crippen molar-refractivity contribution < 1.29 is 4.74 Å². The van der Waals surface area contributed by atoms with Crippen molar-refractivity contribution >= 4 is 22.4 Å². The van der Waals surface area contributed by atoms with Gasteiger partial charge in [-0.15, -0.1) is 0 Å². The van der Waals surface area contributed by atoms with E-state index in [9.17, 15) is 10.1 Å². The van der Waals surface area contributed by atoms with Gasteiger partial charge in [-0.2, -0.15) is 5.26 Å². The monoisotopic (exact) mass is 437 g/mol. The zero-order valence-electron chi connectivity index (χ0n) is 18.5. The topological polar surface area (TPSA) is 84.0 Å². The molecular formula is C26H23N5O2. The van der Waals surface area contributed by atoms with Gasteiger partial charge in [0.25, 0.3) is 5.56 Å². The maximum Gasteiger partial charge on any atom is 0.252 e. The molecule has 1 saturated carbocycles. The number of nitriles is 1. The summed E-state index contributed by atoms with van der Waals surface area (Å²) in [5, 5.41) is 9.39. The Balaban J connectivity index is 1.61. The minimum Gasteiger partial charge on any atom is -0.481 e. The first-order valence-electron chi connectivity index (χ1n) is 10.9. The van der Waals surface area contributed by atoms with Gasteiger partial charge >= 0.3 is 0 Å². The van der Waals surface area contributed by atoms with E-state index in [0.29, 0.717) is 28.5 Å². The average molecular weight is 438 g/mol. The van der Waals surface area contributed by atoms with E-state index in [1.54, 1.807) is 43.1 Å². The van der Waals surface area contributed by atoms with Gasteiger partial charge < -0.3 is 14.2 Å². The van der Waals surface area contributed by atoms with E-state index in [0.717, 1.165) is 29.0 Å². The van der Waals surface area contributed by atoms with Crippen LogP contribution in [0.4, 0.5) is 11.4 Å². The van der Waals surface area contributed by atoms with E-state index >= 15 is 0 Å². The molecule has 1 aromatic carbocycles. The number of fused-ring (bicyclic) bond motifs is 1. The van der Waals surface area contributed by atoms with Gasteiger partial charge in [-0.25, -0.2) is 9.97 Å². The van der Waals surface area contributed by atoms with Gasteiger partial charge in [0.05, 0.1) is 18.3 Å². The molecule has 1 fully saturated rings. The lowest BCUT2D eigenvalue weighted by Gasteiger charge is -2.26. The second kappa shape index (κ2) is 8.40. The highest BCUT2D eigenvalue weighted by atomic mass is 16.5. The number of nitrogens with zero attached hydrogens (tertiary/aromatic N) is 5. The lowest BCUT2D eigenvalue weighted by atomic mass is 10.1. The summed E-state index contributed by atoms with van der Waals surface area (Å²) in [6.07, 6.45) is 4.07. The van der Waals surface area contributed by atoms with Gasteiger partial charge in [-0.05, 0) is 60.2 Å². The number of hydrogen-bond donors (Lipinski definition) is 0. The minimum absolute atomic E-state index is 0.106. The van der Waals surface area contributed by atoms with E-state index in [1.807, 2.05) is 12.1 Å². The summed E-state index contributed by atoms with van der Waals surface area (Å²) >= 11 is 0. The molecule has 0 unspecified atom stereocenters. The molecule has 164 valence electrons. The van der Waals surface area contributed by atoms with Gasteiger partial charge in [0, 0.05) is 37.6 Å². The SMILES string of the molecule is COc1cc(-c2ccc(N(CC3CC3)c3cc(=O)n(C)c4ccc(C#N)nc34)cc2)ccn1. The van der Waals surface area contributed by atoms with Crippen molar-refractivity contribution in [1.82, 2.24) is 14.5 Å². The Bertz CT molecular complexity index is 1430. The smallest absolute Gasteiger partial charge is 0.252 e. The van der Waals surface area contributed by atoms with Crippen molar-refractivity contribution in [3.8, 4) is 23.1 Å². The van der Waals surface area contributed by atoms with Crippen LogP contribution in [0.25, 0.3) is 22.2 Å². The van der Waals surface area contributed by atoms with Crippen LogP contribution < -0.4 is 15.2 Å². The third-order valence-electron chi connectivity index (χ3n) is 6.07. The number of anilines is 2. The highest BCUT2D eigenvalue weighted by Gasteiger charge is 2.27. The fraction of sp³-hybridized carbons (Fsp3) is 0.231. The number of aromatic nitrogens is 3. The molecule has 0 atom stereocenters. The zero-order valence-corrected chi connectivity index (χ0v) is 18.5. The maximum absolute atomic E-state index is 12.8. The van der Waals surface area contributed by atoms with Crippen molar-refractivity contribution in [3.63, 3.8) is 0 Å². The van der Waals surface area contributed by atoms with E-state index in [-0.39, 0.29) is 5.56 Å². The number of aryl methyl sites for hydroxylation is 1. The van der Waals surface area contributed by atoms with Crippen LogP contribution in [0.3, 0.4) is 0 Å². The molecule has 0 aliphatic heterocycles. The summed E-state index contributed by atoms with van der Waals surface area (Å²) in [7, 11) is 3.33. The van der Waals surface area contributed by atoms with Crippen LogP contribution in [0.5, 0.6) is 5.88 Å². The third-order valence-corrected chi connectivity index (χ3v) is 6.07. The Hall–Kier alpha value is -4.18.